The maximum absolute atomic E-state index is 13.0. The van der Waals surface area contributed by atoms with E-state index in [2.05, 4.69) is 5.32 Å². The van der Waals surface area contributed by atoms with Gasteiger partial charge in [0, 0.05) is 13.6 Å². The van der Waals surface area contributed by atoms with Gasteiger partial charge in [0.25, 0.3) is 17.4 Å². The van der Waals surface area contributed by atoms with E-state index in [1.54, 1.807) is 57.7 Å². The molecule has 7 nitrogen and oxygen atoms in total. The van der Waals surface area contributed by atoms with Gasteiger partial charge in [-0.2, -0.15) is 0 Å². The van der Waals surface area contributed by atoms with Crippen molar-refractivity contribution < 1.29 is 23.8 Å². The van der Waals surface area contributed by atoms with E-state index >= 15 is 0 Å². The molecule has 2 amide bonds. The number of anilines is 1. The minimum absolute atomic E-state index is 0.285. The van der Waals surface area contributed by atoms with Crippen LogP contribution in [0.3, 0.4) is 0 Å². The number of ether oxygens (including phenoxy) is 3. The number of carbonyl (C=O) groups excluding carboxylic acids is 2. The number of hydrogen-bond donors (Lipinski definition) is 1. The fourth-order valence-electron chi connectivity index (χ4n) is 3.00. The number of carbonyl (C=O) groups is 2. The molecule has 27 heavy (non-hydrogen) atoms. The van der Waals surface area contributed by atoms with E-state index in [4.69, 9.17) is 14.2 Å². The third-order valence-electron chi connectivity index (χ3n) is 4.51. The zero-order valence-corrected chi connectivity index (χ0v) is 15.7. The third kappa shape index (κ3) is 3.40. The number of fused-ring (bicyclic) bond motifs is 1. The first-order chi connectivity index (χ1) is 12.9. The number of methoxy groups -OCH3 is 2. The van der Waals surface area contributed by atoms with E-state index in [9.17, 15) is 9.59 Å². The molecule has 0 saturated carbocycles. The molecule has 2 aromatic rings. The van der Waals surface area contributed by atoms with E-state index in [0.717, 1.165) is 5.56 Å². The summed E-state index contributed by atoms with van der Waals surface area (Å²) in [6.45, 7) is 1.76. The van der Waals surface area contributed by atoms with Crippen molar-refractivity contribution >= 4 is 17.5 Å². The van der Waals surface area contributed by atoms with Crippen molar-refractivity contribution in [2.45, 2.75) is 19.1 Å². The minimum atomic E-state index is -1.64. The second-order valence-electron chi connectivity index (χ2n) is 6.44. The Morgan fingerprint density at radius 1 is 1.15 bits per heavy atom. The summed E-state index contributed by atoms with van der Waals surface area (Å²) < 4.78 is 16.3. The number of likely N-dealkylation sites (N-methyl/N-ethyl adjacent to an activating group) is 1. The number of para-hydroxylation sites is 2. The second kappa shape index (κ2) is 7.19. The van der Waals surface area contributed by atoms with E-state index in [1.807, 2.05) is 6.07 Å². The Bertz CT molecular complexity index is 882. The van der Waals surface area contributed by atoms with Crippen molar-refractivity contribution in [3.05, 3.63) is 48.0 Å². The van der Waals surface area contributed by atoms with Gasteiger partial charge in [-0.25, -0.2) is 0 Å². The highest BCUT2D eigenvalue weighted by molar-refractivity contribution is 6.15. The van der Waals surface area contributed by atoms with Crippen molar-refractivity contribution in [2.24, 2.45) is 0 Å². The number of nitrogens with one attached hydrogen (secondary N) is 1. The Morgan fingerprint density at radius 3 is 2.56 bits per heavy atom. The Hall–Kier alpha value is -3.22. The summed E-state index contributed by atoms with van der Waals surface area (Å²) in [6, 6.07) is 12.4. The fourth-order valence-corrected chi connectivity index (χ4v) is 3.00. The molecule has 0 fully saturated rings. The molecule has 142 valence electrons. The maximum Gasteiger partial charge on any atom is 0.278 e. The van der Waals surface area contributed by atoms with Crippen LogP contribution in [-0.2, 0) is 16.1 Å². The van der Waals surface area contributed by atoms with Crippen LogP contribution < -0.4 is 19.5 Å². The van der Waals surface area contributed by atoms with Crippen LogP contribution in [-0.4, -0.2) is 43.6 Å². The number of amides is 2. The van der Waals surface area contributed by atoms with Crippen LogP contribution in [0.1, 0.15) is 12.5 Å². The predicted octanol–water partition coefficient (Wildman–Crippen LogP) is 2.45. The van der Waals surface area contributed by atoms with Crippen LogP contribution in [0.25, 0.3) is 0 Å². The Labute approximate surface area is 157 Å². The van der Waals surface area contributed by atoms with Gasteiger partial charge in [-0.05, 0) is 36.8 Å². The normalized spacial score (nSPS) is 18.0. The van der Waals surface area contributed by atoms with Crippen molar-refractivity contribution in [3.8, 4) is 17.2 Å². The van der Waals surface area contributed by atoms with Gasteiger partial charge in [-0.1, -0.05) is 18.2 Å². The van der Waals surface area contributed by atoms with Crippen LogP contribution >= 0.6 is 0 Å². The summed E-state index contributed by atoms with van der Waals surface area (Å²) in [6.07, 6.45) is 0. The van der Waals surface area contributed by atoms with Crippen LogP contribution in [0.5, 0.6) is 17.2 Å². The molecule has 0 aliphatic carbocycles. The van der Waals surface area contributed by atoms with Gasteiger partial charge in [0.2, 0.25) is 0 Å². The average Bonchev–Trinajstić information content (AvgIpc) is 2.68. The summed E-state index contributed by atoms with van der Waals surface area (Å²) in [5.41, 5.74) is -0.251. The second-order valence-corrected chi connectivity index (χ2v) is 6.44. The van der Waals surface area contributed by atoms with E-state index in [0.29, 0.717) is 22.9 Å². The standard InChI is InChI=1S/C20H22N2O5/c1-20(18(23)21-14-7-5-6-8-15(14)27-20)19(24)22(2)12-13-9-10-16(25-3)17(11-13)26-4/h5-11H,12H2,1-4H3,(H,21,23). The van der Waals surface area contributed by atoms with E-state index in [-0.39, 0.29) is 6.54 Å². The first-order valence-electron chi connectivity index (χ1n) is 8.45. The molecule has 7 heteroatoms. The zero-order valence-electron chi connectivity index (χ0n) is 15.7. The van der Waals surface area contributed by atoms with Crippen molar-refractivity contribution in [1.82, 2.24) is 4.90 Å². The molecule has 1 N–H and O–H groups in total. The SMILES string of the molecule is COc1ccc(CN(C)C(=O)C2(C)Oc3ccccc3NC2=O)cc1OC. The number of rotatable bonds is 5. The number of nitrogens with zero attached hydrogens (tertiary/aromatic N) is 1. The molecule has 3 rings (SSSR count). The van der Waals surface area contributed by atoms with Crippen LogP contribution in [0, 0.1) is 0 Å². The molecule has 0 saturated heterocycles. The summed E-state index contributed by atoms with van der Waals surface area (Å²) >= 11 is 0. The lowest BCUT2D eigenvalue weighted by atomic mass is 10.0. The van der Waals surface area contributed by atoms with E-state index < -0.39 is 17.4 Å². The molecule has 1 unspecified atom stereocenters. The lowest BCUT2D eigenvalue weighted by Gasteiger charge is -2.35. The van der Waals surface area contributed by atoms with E-state index in [1.165, 1.54) is 11.8 Å². The molecule has 1 aliphatic rings. The fraction of sp³-hybridized carbons (Fsp3) is 0.300. The predicted molar refractivity (Wildman–Crippen MR) is 100 cm³/mol. The average molecular weight is 370 g/mol. The quantitative estimate of drug-likeness (QED) is 0.818. The van der Waals surface area contributed by atoms with Gasteiger partial charge < -0.3 is 24.4 Å². The van der Waals surface area contributed by atoms with Gasteiger partial charge >= 0.3 is 0 Å². The highest BCUT2D eigenvalue weighted by atomic mass is 16.5. The number of hydrogen-bond acceptors (Lipinski definition) is 5. The van der Waals surface area contributed by atoms with Gasteiger partial charge in [0.1, 0.15) is 5.75 Å². The lowest BCUT2D eigenvalue weighted by Crippen LogP contribution is -2.58. The van der Waals surface area contributed by atoms with Gasteiger partial charge in [-0.15, -0.1) is 0 Å². The molecule has 1 atom stereocenters. The molecule has 0 aromatic heterocycles. The van der Waals surface area contributed by atoms with Crippen LogP contribution in [0.2, 0.25) is 0 Å². The lowest BCUT2D eigenvalue weighted by molar-refractivity contribution is -0.154. The molecule has 1 aliphatic heterocycles. The molecule has 0 bridgehead atoms. The zero-order chi connectivity index (χ0) is 19.6. The Morgan fingerprint density at radius 2 is 1.85 bits per heavy atom. The van der Waals surface area contributed by atoms with Crippen LogP contribution in [0.15, 0.2) is 42.5 Å². The topological polar surface area (TPSA) is 77.1 Å². The van der Waals surface area contributed by atoms with Crippen molar-refractivity contribution in [3.63, 3.8) is 0 Å². The molecular weight excluding hydrogens is 348 g/mol. The monoisotopic (exact) mass is 370 g/mol. The number of benzene rings is 2. The smallest absolute Gasteiger partial charge is 0.278 e. The highest BCUT2D eigenvalue weighted by Crippen LogP contribution is 2.34. The molecule has 0 radical (unpaired) electrons. The maximum atomic E-state index is 13.0. The van der Waals surface area contributed by atoms with Crippen molar-refractivity contribution in [1.29, 1.82) is 0 Å². The first-order valence-corrected chi connectivity index (χ1v) is 8.45. The summed E-state index contributed by atoms with van der Waals surface area (Å²) in [5, 5.41) is 2.74. The highest BCUT2D eigenvalue weighted by Gasteiger charge is 2.48. The van der Waals surface area contributed by atoms with Gasteiger partial charge in [0.05, 0.1) is 19.9 Å². The van der Waals surface area contributed by atoms with Crippen LogP contribution in [0.4, 0.5) is 5.69 Å². The Balaban J connectivity index is 1.80. The molecular formula is C20H22N2O5. The first kappa shape index (κ1) is 18.6. The summed E-state index contributed by atoms with van der Waals surface area (Å²) in [7, 11) is 4.74. The summed E-state index contributed by atoms with van der Waals surface area (Å²) in [5.74, 6) is 0.707. The van der Waals surface area contributed by atoms with Crippen molar-refractivity contribution in [2.75, 3.05) is 26.6 Å². The summed E-state index contributed by atoms with van der Waals surface area (Å²) in [4.78, 5) is 27.0. The minimum Gasteiger partial charge on any atom is -0.493 e. The molecule has 1 heterocycles. The van der Waals surface area contributed by atoms with Gasteiger partial charge in [-0.3, -0.25) is 9.59 Å². The largest absolute Gasteiger partial charge is 0.493 e. The van der Waals surface area contributed by atoms with Gasteiger partial charge in [0.15, 0.2) is 11.5 Å². The Kier molecular flexibility index (Phi) is 4.94. The third-order valence-corrected chi connectivity index (χ3v) is 4.51. The molecule has 0 spiro atoms. The molecule has 2 aromatic carbocycles.